The van der Waals surface area contributed by atoms with Crippen LogP contribution in [0.1, 0.15) is 36.3 Å². The molecule has 0 saturated carbocycles. The van der Waals surface area contributed by atoms with Crippen molar-refractivity contribution in [3.05, 3.63) is 47.5 Å². The molecule has 0 unspecified atom stereocenters. The van der Waals surface area contributed by atoms with Gasteiger partial charge in [0.25, 0.3) is 5.91 Å². The number of aromatic nitrogens is 2. The number of hydrogen-bond acceptors (Lipinski definition) is 4. The highest BCUT2D eigenvalue weighted by molar-refractivity contribution is 5.97. The van der Waals surface area contributed by atoms with E-state index in [4.69, 9.17) is 5.11 Å². The third kappa shape index (κ3) is 5.38. The summed E-state index contributed by atoms with van der Waals surface area (Å²) < 4.78 is 14.5. The Morgan fingerprint density at radius 1 is 1.21 bits per heavy atom. The highest BCUT2D eigenvalue weighted by Crippen LogP contribution is 2.14. The van der Waals surface area contributed by atoms with E-state index in [9.17, 15) is 18.8 Å². The number of rotatable bonds is 8. The molecule has 1 aromatic carbocycles. The number of amides is 2. The summed E-state index contributed by atoms with van der Waals surface area (Å²) in [7, 11) is 0. The maximum Gasteiger partial charge on any atom is 0.326 e. The lowest BCUT2D eigenvalue weighted by atomic mass is 10.0. The number of nitrogens with zero attached hydrogens (tertiary/aromatic N) is 2. The number of halogens is 1. The topological polar surface area (TPSA) is 113 Å². The standard InChI is InChI=1S/C19H23FN4O4/c1-11(2)8-16(19(27)28)23-17(25)10-21-18(26)15-9-22-24(12(15)3)14-6-4-13(20)5-7-14/h4-7,9,11,16H,8,10H2,1-3H3,(H,21,26)(H,23,25)(H,27,28)/t16-/m0/s1. The van der Waals surface area contributed by atoms with Gasteiger partial charge in [-0.2, -0.15) is 5.10 Å². The van der Waals surface area contributed by atoms with Crippen molar-refractivity contribution < 1.29 is 23.9 Å². The Morgan fingerprint density at radius 2 is 1.86 bits per heavy atom. The number of aliphatic carboxylic acids is 1. The van der Waals surface area contributed by atoms with Crippen molar-refractivity contribution in [2.75, 3.05) is 6.54 Å². The van der Waals surface area contributed by atoms with E-state index >= 15 is 0 Å². The fourth-order valence-corrected chi connectivity index (χ4v) is 2.67. The molecule has 1 heterocycles. The molecule has 0 spiro atoms. The fourth-order valence-electron chi connectivity index (χ4n) is 2.67. The number of hydrogen-bond donors (Lipinski definition) is 3. The quantitative estimate of drug-likeness (QED) is 0.634. The molecule has 2 rings (SSSR count). The molecule has 1 atom stereocenters. The summed E-state index contributed by atoms with van der Waals surface area (Å²) in [4.78, 5) is 35.5. The molecule has 0 aliphatic heterocycles. The molecule has 0 bridgehead atoms. The minimum atomic E-state index is -1.12. The Kier molecular flexibility index (Phi) is 6.86. The predicted octanol–water partition coefficient (Wildman–Crippen LogP) is 1.67. The Morgan fingerprint density at radius 3 is 2.43 bits per heavy atom. The van der Waals surface area contributed by atoms with Crippen LogP contribution in [0.5, 0.6) is 0 Å². The molecule has 0 aliphatic rings. The van der Waals surface area contributed by atoms with Gasteiger partial charge in [-0.15, -0.1) is 0 Å². The maximum atomic E-state index is 13.1. The molecule has 0 saturated heterocycles. The number of carbonyl (C=O) groups is 3. The summed E-state index contributed by atoms with van der Waals surface area (Å²) in [5.41, 5.74) is 1.37. The van der Waals surface area contributed by atoms with Gasteiger partial charge in [-0.05, 0) is 43.5 Å². The number of carbonyl (C=O) groups excluding carboxylic acids is 2. The number of carboxylic acids is 1. The van der Waals surface area contributed by atoms with Crippen LogP contribution in [0.2, 0.25) is 0 Å². The first kappa shape index (κ1) is 21.1. The van der Waals surface area contributed by atoms with Crippen LogP contribution in [0.25, 0.3) is 5.69 Å². The highest BCUT2D eigenvalue weighted by atomic mass is 19.1. The summed E-state index contributed by atoms with van der Waals surface area (Å²) in [6.45, 7) is 5.02. The van der Waals surface area contributed by atoms with Crippen molar-refractivity contribution in [1.29, 1.82) is 0 Å². The minimum absolute atomic E-state index is 0.0935. The molecule has 9 heteroatoms. The van der Waals surface area contributed by atoms with Crippen LogP contribution < -0.4 is 10.6 Å². The van der Waals surface area contributed by atoms with Crippen molar-refractivity contribution in [1.82, 2.24) is 20.4 Å². The minimum Gasteiger partial charge on any atom is -0.480 e. The van der Waals surface area contributed by atoms with Crippen molar-refractivity contribution >= 4 is 17.8 Å². The van der Waals surface area contributed by atoms with Crippen LogP contribution in [0.15, 0.2) is 30.5 Å². The summed E-state index contributed by atoms with van der Waals surface area (Å²) in [5, 5.41) is 18.1. The molecule has 8 nitrogen and oxygen atoms in total. The molecular formula is C19H23FN4O4. The van der Waals surface area contributed by atoms with Gasteiger partial charge in [0, 0.05) is 0 Å². The number of benzene rings is 1. The molecule has 3 N–H and O–H groups in total. The van der Waals surface area contributed by atoms with E-state index in [1.807, 2.05) is 13.8 Å². The Balaban J connectivity index is 1.99. The van der Waals surface area contributed by atoms with Crippen molar-refractivity contribution in [3.8, 4) is 5.69 Å². The van der Waals surface area contributed by atoms with E-state index in [2.05, 4.69) is 15.7 Å². The van der Waals surface area contributed by atoms with Crippen LogP contribution >= 0.6 is 0 Å². The van der Waals surface area contributed by atoms with Gasteiger partial charge >= 0.3 is 5.97 Å². The van der Waals surface area contributed by atoms with Crippen molar-refractivity contribution in [2.24, 2.45) is 5.92 Å². The number of nitrogens with one attached hydrogen (secondary N) is 2. The van der Waals surface area contributed by atoms with Gasteiger partial charge in [0.05, 0.1) is 29.7 Å². The van der Waals surface area contributed by atoms with E-state index in [0.717, 1.165) is 0 Å². The maximum absolute atomic E-state index is 13.1. The number of carboxylic acid groups (broad SMARTS) is 1. The molecule has 150 valence electrons. The second-order valence-electron chi connectivity index (χ2n) is 6.80. The average molecular weight is 390 g/mol. The molecular weight excluding hydrogens is 367 g/mol. The first-order valence-electron chi connectivity index (χ1n) is 8.80. The largest absolute Gasteiger partial charge is 0.480 e. The molecule has 2 aromatic rings. The smallest absolute Gasteiger partial charge is 0.326 e. The summed E-state index contributed by atoms with van der Waals surface area (Å²) >= 11 is 0. The van der Waals surface area contributed by atoms with E-state index in [1.165, 1.54) is 35.1 Å². The molecule has 0 fully saturated rings. The molecule has 2 amide bonds. The zero-order valence-corrected chi connectivity index (χ0v) is 15.9. The highest BCUT2D eigenvalue weighted by Gasteiger charge is 2.22. The SMILES string of the molecule is Cc1c(C(=O)NCC(=O)N[C@@H](CC(C)C)C(=O)O)cnn1-c1ccc(F)cc1. The fraction of sp³-hybridized carbons (Fsp3) is 0.368. The molecule has 28 heavy (non-hydrogen) atoms. The lowest BCUT2D eigenvalue weighted by Gasteiger charge is -2.16. The van der Waals surface area contributed by atoms with Gasteiger partial charge < -0.3 is 15.7 Å². The lowest BCUT2D eigenvalue weighted by molar-refractivity contribution is -0.142. The first-order chi connectivity index (χ1) is 13.2. The summed E-state index contributed by atoms with van der Waals surface area (Å²) in [5.74, 6) is -2.52. The van der Waals surface area contributed by atoms with Crippen molar-refractivity contribution in [2.45, 2.75) is 33.2 Å². The van der Waals surface area contributed by atoms with Crippen LogP contribution in [0.4, 0.5) is 4.39 Å². The summed E-state index contributed by atoms with van der Waals surface area (Å²) in [6.07, 6.45) is 1.64. The lowest BCUT2D eigenvalue weighted by Crippen LogP contribution is -2.46. The van der Waals surface area contributed by atoms with Crippen LogP contribution in [0, 0.1) is 18.7 Å². The van der Waals surface area contributed by atoms with E-state index < -0.39 is 23.8 Å². The van der Waals surface area contributed by atoms with Gasteiger partial charge in [-0.3, -0.25) is 9.59 Å². The summed E-state index contributed by atoms with van der Waals surface area (Å²) in [6, 6.07) is 4.64. The Bertz CT molecular complexity index is 861. The zero-order chi connectivity index (χ0) is 20.8. The van der Waals surface area contributed by atoms with Crippen LogP contribution in [-0.2, 0) is 9.59 Å². The average Bonchev–Trinajstić information content (AvgIpc) is 3.01. The van der Waals surface area contributed by atoms with Crippen molar-refractivity contribution in [3.63, 3.8) is 0 Å². The zero-order valence-electron chi connectivity index (χ0n) is 15.9. The van der Waals surface area contributed by atoms with Gasteiger partial charge in [-0.25, -0.2) is 13.9 Å². The third-order valence-electron chi connectivity index (χ3n) is 4.08. The Hall–Kier alpha value is -3.23. The molecule has 0 aliphatic carbocycles. The van der Waals surface area contributed by atoms with Gasteiger partial charge in [0.2, 0.25) is 5.91 Å². The van der Waals surface area contributed by atoms with Crippen LogP contribution in [0.3, 0.4) is 0 Å². The second kappa shape index (κ2) is 9.12. The normalized spacial score (nSPS) is 11.9. The monoisotopic (exact) mass is 390 g/mol. The molecule has 0 radical (unpaired) electrons. The third-order valence-corrected chi connectivity index (χ3v) is 4.08. The van der Waals surface area contributed by atoms with E-state index in [-0.39, 0.29) is 23.8 Å². The van der Waals surface area contributed by atoms with Crippen LogP contribution in [-0.4, -0.2) is 45.3 Å². The van der Waals surface area contributed by atoms with E-state index in [1.54, 1.807) is 6.92 Å². The first-order valence-corrected chi connectivity index (χ1v) is 8.80. The Labute approximate surface area is 161 Å². The van der Waals surface area contributed by atoms with Gasteiger partial charge in [-0.1, -0.05) is 13.8 Å². The molecule has 1 aromatic heterocycles. The van der Waals surface area contributed by atoms with Gasteiger partial charge in [0.15, 0.2) is 0 Å². The second-order valence-corrected chi connectivity index (χ2v) is 6.80. The predicted molar refractivity (Wildman–Crippen MR) is 99.6 cm³/mol. The van der Waals surface area contributed by atoms with Gasteiger partial charge in [0.1, 0.15) is 11.9 Å². The van der Waals surface area contributed by atoms with E-state index in [0.29, 0.717) is 17.8 Å².